The molecule has 0 saturated carbocycles. The first-order valence-corrected chi connectivity index (χ1v) is 10.4. The van der Waals surface area contributed by atoms with Gasteiger partial charge in [0, 0.05) is 30.6 Å². The number of benzene rings is 2. The number of thiophene rings is 1. The van der Waals surface area contributed by atoms with E-state index in [9.17, 15) is 14.9 Å². The van der Waals surface area contributed by atoms with Crippen LogP contribution in [-0.2, 0) is 4.74 Å². The van der Waals surface area contributed by atoms with Crippen molar-refractivity contribution in [2.45, 2.75) is 0 Å². The summed E-state index contributed by atoms with van der Waals surface area (Å²) < 4.78 is 11.1. The Bertz CT molecular complexity index is 1130. The molecule has 1 amide bonds. The summed E-state index contributed by atoms with van der Waals surface area (Å²) in [6.45, 7) is 2.60. The van der Waals surface area contributed by atoms with Gasteiger partial charge in [0.15, 0.2) is 0 Å². The fraction of sp³-hybridized carbons (Fsp3) is 0.250. The monoisotopic (exact) mass is 447 g/mol. The number of nitrogens with zero attached hydrogens (tertiary/aromatic N) is 2. The van der Waals surface area contributed by atoms with Crippen molar-refractivity contribution in [2.24, 2.45) is 0 Å². The molecule has 0 radical (unpaired) electrons. The van der Waals surface area contributed by atoms with Crippen molar-refractivity contribution in [2.75, 3.05) is 43.6 Å². The second-order valence-corrected chi connectivity index (χ2v) is 7.99. The Hall–Kier alpha value is -2.88. The van der Waals surface area contributed by atoms with Crippen molar-refractivity contribution in [3.63, 3.8) is 0 Å². The molecule has 30 heavy (non-hydrogen) atoms. The maximum absolute atomic E-state index is 13.1. The molecule has 1 N–H and O–H groups in total. The minimum absolute atomic E-state index is 0.0752. The lowest BCUT2D eigenvalue weighted by molar-refractivity contribution is -0.382. The van der Waals surface area contributed by atoms with Gasteiger partial charge >= 0.3 is 0 Å². The van der Waals surface area contributed by atoms with Crippen molar-refractivity contribution < 1.29 is 19.2 Å². The van der Waals surface area contributed by atoms with E-state index in [2.05, 4.69) is 10.2 Å². The summed E-state index contributed by atoms with van der Waals surface area (Å²) in [6.07, 6.45) is 0. The highest BCUT2D eigenvalue weighted by molar-refractivity contribution is 7.22. The summed E-state index contributed by atoms with van der Waals surface area (Å²) in [5.41, 5.74) is 1.34. The molecule has 1 aliphatic heterocycles. The van der Waals surface area contributed by atoms with E-state index in [-0.39, 0.29) is 15.6 Å². The first kappa shape index (κ1) is 20.4. The number of carbonyl (C=O) groups is 1. The van der Waals surface area contributed by atoms with Crippen LogP contribution in [-0.4, -0.2) is 44.2 Å². The zero-order valence-electron chi connectivity index (χ0n) is 16.0. The molecule has 0 aliphatic carbocycles. The Labute approximate surface area is 181 Å². The predicted octanol–water partition coefficient (Wildman–Crippen LogP) is 4.56. The second kappa shape index (κ2) is 8.47. The molecule has 3 aromatic rings. The summed E-state index contributed by atoms with van der Waals surface area (Å²) >= 11 is 7.42. The van der Waals surface area contributed by atoms with E-state index in [0.29, 0.717) is 47.8 Å². The largest absolute Gasteiger partial charge is 0.497 e. The van der Waals surface area contributed by atoms with Gasteiger partial charge in [0.05, 0.1) is 41.6 Å². The summed E-state index contributed by atoms with van der Waals surface area (Å²) in [5.74, 6) is 0.165. The Morgan fingerprint density at radius 3 is 2.77 bits per heavy atom. The topological polar surface area (TPSA) is 93.9 Å². The van der Waals surface area contributed by atoms with Crippen LogP contribution in [0, 0.1) is 10.1 Å². The zero-order chi connectivity index (χ0) is 21.3. The molecule has 1 fully saturated rings. The van der Waals surface area contributed by atoms with E-state index in [1.807, 2.05) is 12.1 Å². The van der Waals surface area contributed by atoms with E-state index in [4.69, 9.17) is 21.1 Å². The van der Waals surface area contributed by atoms with Crippen LogP contribution < -0.4 is 15.0 Å². The number of ether oxygens (including phenoxy) is 2. The van der Waals surface area contributed by atoms with Crippen LogP contribution in [0.5, 0.6) is 5.75 Å². The number of halogens is 1. The number of nitrogens with one attached hydrogen (secondary N) is 1. The van der Waals surface area contributed by atoms with Gasteiger partial charge in [-0.25, -0.2) is 0 Å². The van der Waals surface area contributed by atoms with Crippen molar-refractivity contribution in [3.05, 3.63) is 56.4 Å². The number of morpholine rings is 1. The first-order chi connectivity index (χ1) is 14.5. The van der Waals surface area contributed by atoms with Gasteiger partial charge in [0.2, 0.25) is 0 Å². The third-order valence-electron chi connectivity index (χ3n) is 4.84. The number of nitro groups is 1. The number of hydrogen-bond donors (Lipinski definition) is 1. The minimum Gasteiger partial charge on any atom is -0.497 e. The molecule has 10 heteroatoms. The third-order valence-corrected chi connectivity index (χ3v) is 6.57. The molecule has 1 aromatic heterocycles. The zero-order valence-corrected chi connectivity index (χ0v) is 17.6. The Balaban J connectivity index is 1.71. The van der Waals surface area contributed by atoms with E-state index in [1.165, 1.54) is 6.07 Å². The first-order valence-electron chi connectivity index (χ1n) is 9.17. The number of hydrogen-bond acceptors (Lipinski definition) is 7. The number of anilines is 2. The number of methoxy groups -OCH3 is 1. The number of non-ortho nitro benzene ring substituents is 1. The average molecular weight is 448 g/mol. The Morgan fingerprint density at radius 1 is 1.30 bits per heavy atom. The van der Waals surface area contributed by atoms with E-state index >= 15 is 0 Å². The summed E-state index contributed by atoms with van der Waals surface area (Å²) in [4.78, 5) is 26.3. The molecule has 0 unspecified atom stereocenters. The van der Waals surface area contributed by atoms with Crippen LogP contribution in [0.25, 0.3) is 10.1 Å². The molecule has 2 heterocycles. The maximum atomic E-state index is 13.1. The van der Waals surface area contributed by atoms with Gasteiger partial charge in [-0.15, -0.1) is 11.3 Å². The van der Waals surface area contributed by atoms with Crippen LogP contribution in [0.1, 0.15) is 9.67 Å². The second-order valence-electron chi connectivity index (χ2n) is 6.59. The number of rotatable bonds is 5. The maximum Gasteiger partial charge on any atom is 0.287 e. The van der Waals surface area contributed by atoms with Gasteiger partial charge < -0.3 is 19.7 Å². The lowest BCUT2D eigenvalue weighted by atomic mass is 10.2. The molecule has 2 aromatic carbocycles. The van der Waals surface area contributed by atoms with E-state index in [0.717, 1.165) is 17.0 Å². The van der Waals surface area contributed by atoms with Crippen LogP contribution in [0.3, 0.4) is 0 Å². The number of carbonyl (C=O) groups excluding carboxylic acids is 1. The number of amides is 1. The quantitative estimate of drug-likeness (QED) is 0.455. The lowest BCUT2D eigenvalue weighted by Crippen LogP contribution is -2.36. The van der Waals surface area contributed by atoms with Gasteiger partial charge in [0.1, 0.15) is 15.3 Å². The molecule has 1 saturated heterocycles. The average Bonchev–Trinajstić information content (AvgIpc) is 3.11. The smallest absolute Gasteiger partial charge is 0.287 e. The van der Waals surface area contributed by atoms with Crippen molar-refractivity contribution >= 4 is 56.0 Å². The summed E-state index contributed by atoms with van der Waals surface area (Å²) in [5, 5.41) is 14.9. The molecule has 0 spiro atoms. The molecule has 4 rings (SSSR count). The molecule has 8 nitrogen and oxygen atoms in total. The SMILES string of the molecule is COc1ccc(N2CCOCC2)c(NC(=O)c2sc3c([N+](=O)[O-])cccc3c2Cl)c1. The van der Waals surface area contributed by atoms with Gasteiger partial charge in [-0.05, 0) is 12.1 Å². The standard InChI is InChI=1S/C20H18ClN3O5S/c1-28-12-5-6-15(23-7-9-29-10-8-23)14(11-12)22-20(25)19-17(21)13-3-2-4-16(24(26)27)18(13)30-19/h2-6,11H,7-10H2,1H3,(H,22,25). The van der Waals surface area contributed by atoms with Gasteiger partial charge in [-0.1, -0.05) is 23.7 Å². The Kier molecular flexibility index (Phi) is 5.76. The number of nitro benzene ring substituents is 1. The van der Waals surface area contributed by atoms with E-state index < -0.39 is 10.8 Å². The Morgan fingerprint density at radius 2 is 2.07 bits per heavy atom. The van der Waals surface area contributed by atoms with Crippen LogP contribution in [0.2, 0.25) is 5.02 Å². The lowest BCUT2D eigenvalue weighted by Gasteiger charge is -2.30. The third kappa shape index (κ3) is 3.79. The normalized spacial score (nSPS) is 14.0. The van der Waals surface area contributed by atoms with Crippen LogP contribution in [0.15, 0.2) is 36.4 Å². The highest BCUT2D eigenvalue weighted by Crippen LogP contribution is 2.41. The molecule has 0 atom stereocenters. The fourth-order valence-corrected chi connectivity index (χ4v) is 4.85. The minimum atomic E-state index is -0.477. The highest BCUT2D eigenvalue weighted by atomic mass is 35.5. The highest BCUT2D eigenvalue weighted by Gasteiger charge is 2.24. The predicted molar refractivity (Wildman–Crippen MR) is 117 cm³/mol. The van der Waals surface area contributed by atoms with Crippen molar-refractivity contribution in [1.29, 1.82) is 0 Å². The molecule has 0 bridgehead atoms. The fourth-order valence-electron chi connectivity index (χ4n) is 3.37. The molecular formula is C20H18ClN3O5S. The molecule has 156 valence electrons. The van der Waals surface area contributed by atoms with Gasteiger partial charge in [-0.2, -0.15) is 0 Å². The van der Waals surface area contributed by atoms with Crippen LogP contribution >= 0.6 is 22.9 Å². The van der Waals surface area contributed by atoms with Gasteiger partial charge in [-0.3, -0.25) is 14.9 Å². The van der Waals surface area contributed by atoms with Crippen molar-refractivity contribution in [1.82, 2.24) is 0 Å². The van der Waals surface area contributed by atoms with Crippen molar-refractivity contribution in [3.8, 4) is 5.75 Å². The van der Waals surface area contributed by atoms with E-state index in [1.54, 1.807) is 25.3 Å². The summed E-state index contributed by atoms with van der Waals surface area (Å²) in [7, 11) is 1.55. The van der Waals surface area contributed by atoms with Gasteiger partial charge in [0.25, 0.3) is 11.6 Å². The number of fused-ring (bicyclic) bond motifs is 1. The molecule has 1 aliphatic rings. The van der Waals surface area contributed by atoms with Crippen LogP contribution in [0.4, 0.5) is 17.1 Å². The molecular weight excluding hydrogens is 430 g/mol. The summed E-state index contributed by atoms with van der Waals surface area (Å²) in [6, 6.07) is 10.1.